The summed E-state index contributed by atoms with van der Waals surface area (Å²) in [7, 11) is 1.45. The van der Waals surface area contributed by atoms with Crippen LogP contribution in [0.25, 0.3) is 11.3 Å². The molecule has 1 aromatic carbocycles. The molecule has 0 aliphatic carbocycles. The van der Waals surface area contributed by atoms with E-state index in [1.54, 1.807) is 12.1 Å². The Morgan fingerprint density at radius 3 is 2.47 bits per heavy atom. The Morgan fingerprint density at radius 2 is 2.00 bits per heavy atom. The van der Waals surface area contributed by atoms with Gasteiger partial charge in [-0.15, -0.1) is 0 Å². The van der Waals surface area contributed by atoms with E-state index in [4.69, 9.17) is 10.5 Å². The second-order valence-corrected chi connectivity index (χ2v) is 3.88. The zero-order valence-electron chi connectivity index (χ0n) is 10.2. The summed E-state index contributed by atoms with van der Waals surface area (Å²) in [5, 5.41) is 0. The van der Waals surface area contributed by atoms with E-state index in [0.29, 0.717) is 17.0 Å². The number of methoxy groups -OCH3 is 1. The highest BCUT2D eigenvalue weighted by molar-refractivity contribution is 5.69. The first-order chi connectivity index (χ1) is 8.82. The summed E-state index contributed by atoms with van der Waals surface area (Å²) in [5.41, 5.74) is 6.57. The number of ether oxygens (including phenoxy) is 1. The Balaban J connectivity index is 2.48. The van der Waals surface area contributed by atoms with Crippen LogP contribution in [0.5, 0.6) is 5.75 Å². The molecule has 0 bridgehead atoms. The summed E-state index contributed by atoms with van der Waals surface area (Å²) in [6, 6.07) is 4.62. The Kier molecular flexibility index (Phi) is 3.13. The number of rotatable bonds is 2. The fourth-order valence-corrected chi connectivity index (χ4v) is 1.67. The average molecular weight is 272 g/mol. The van der Waals surface area contributed by atoms with Gasteiger partial charge in [-0.1, -0.05) is 0 Å². The van der Waals surface area contributed by atoms with Crippen molar-refractivity contribution in [3.63, 3.8) is 0 Å². The first kappa shape index (κ1) is 13.3. The van der Waals surface area contributed by atoms with Crippen LogP contribution < -0.4 is 10.5 Å². The molecule has 0 atom stereocenters. The summed E-state index contributed by atoms with van der Waals surface area (Å²) in [5.74, 6) is -0.743. The van der Waals surface area contributed by atoms with Gasteiger partial charge < -0.3 is 14.9 Å². The van der Waals surface area contributed by atoms with Crippen LogP contribution in [0.1, 0.15) is 11.7 Å². The zero-order chi connectivity index (χ0) is 14.2. The number of nitrogens with zero attached hydrogens (tertiary/aromatic N) is 1. The Labute approximate surface area is 107 Å². The van der Waals surface area contributed by atoms with Crippen molar-refractivity contribution in [3.8, 4) is 17.0 Å². The fourth-order valence-electron chi connectivity index (χ4n) is 1.67. The van der Waals surface area contributed by atoms with Gasteiger partial charge >= 0.3 is 12.1 Å². The normalized spacial score (nSPS) is 11.6. The molecule has 2 N–H and O–H groups in total. The first-order valence-corrected chi connectivity index (χ1v) is 5.31. The number of oxazole rings is 1. The van der Waals surface area contributed by atoms with Crippen LogP contribution in [-0.2, 0) is 6.18 Å². The zero-order valence-corrected chi connectivity index (χ0v) is 10.2. The highest BCUT2D eigenvalue weighted by atomic mass is 19.4. The van der Waals surface area contributed by atoms with Gasteiger partial charge in [0.15, 0.2) is 0 Å². The lowest BCUT2D eigenvalue weighted by Gasteiger charge is -2.05. The molecule has 2 rings (SSSR count). The van der Waals surface area contributed by atoms with E-state index in [9.17, 15) is 13.2 Å². The van der Waals surface area contributed by atoms with Gasteiger partial charge in [0.2, 0.25) is 0 Å². The van der Waals surface area contributed by atoms with Gasteiger partial charge in [0, 0.05) is 5.56 Å². The number of hydrogen-bond acceptors (Lipinski definition) is 4. The van der Waals surface area contributed by atoms with Crippen LogP contribution >= 0.6 is 0 Å². The smallest absolute Gasteiger partial charge is 0.468 e. The maximum atomic E-state index is 12.5. The number of hydrogen-bond donors (Lipinski definition) is 1. The summed E-state index contributed by atoms with van der Waals surface area (Å²) in [4.78, 5) is 3.46. The third kappa shape index (κ3) is 2.49. The average Bonchev–Trinajstić information content (AvgIpc) is 2.71. The van der Waals surface area contributed by atoms with Crippen LogP contribution in [0.15, 0.2) is 22.6 Å². The number of halogens is 3. The minimum absolute atomic E-state index is 0.0805. The molecule has 7 heteroatoms. The second-order valence-electron chi connectivity index (χ2n) is 3.88. The lowest BCUT2D eigenvalue weighted by Crippen LogP contribution is -2.04. The van der Waals surface area contributed by atoms with Gasteiger partial charge in [0.05, 0.1) is 12.8 Å². The van der Waals surface area contributed by atoms with E-state index in [1.165, 1.54) is 20.1 Å². The molecule has 102 valence electrons. The van der Waals surface area contributed by atoms with Crippen molar-refractivity contribution in [2.24, 2.45) is 0 Å². The van der Waals surface area contributed by atoms with E-state index in [-0.39, 0.29) is 11.5 Å². The molecular formula is C12H11F3N2O2. The summed E-state index contributed by atoms with van der Waals surface area (Å²) in [6.45, 7) is 1.41. The van der Waals surface area contributed by atoms with E-state index in [0.717, 1.165) is 0 Å². The molecule has 0 aliphatic heterocycles. The molecule has 4 nitrogen and oxygen atoms in total. The van der Waals surface area contributed by atoms with Crippen molar-refractivity contribution in [1.82, 2.24) is 4.98 Å². The molecule has 1 aromatic heterocycles. The molecule has 1 heterocycles. The number of anilines is 1. The molecule has 0 saturated heterocycles. The monoisotopic (exact) mass is 272 g/mol. The third-order valence-corrected chi connectivity index (χ3v) is 2.54. The number of aromatic nitrogens is 1. The maximum Gasteiger partial charge on any atom is 0.468 e. The van der Waals surface area contributed by atoms with Gasteiger partial charge in [0.25, 0.3) is 0 Å². The number of benzene rings is 1. The summed E-state index contributed by atoms with van der Waals surface area (Å²) < 4.78 is 47.1. The van der Waals surface area contributed by atoms with Crippen molar-refractivity contribution in [3.05, 3.63) is 29.9 Å². The third-order valence-electron chi connectivity index (χ3n) is 2.54. The van der Waals surface area contributed by atoms with Crippen molar-refractivity contribution >= 4 is 5.69 Å². The van der Waals surface area contributed by atoms with Crippen LogP contribution in [0.2, 0.25) is 0 Å². The number of nitrogens with two attached hydrogens (primary N) is 1. The second kappa shape index (κ2) is 4.49. The minimum Gasteiger partial charge on any atom is -0.495 e. The van der Waals surface area contributed by atoms with Crippen molar-refractivity contribution in [2.45, 2.75) is 13.1 Å². The van der Waals surface area contributed by atoms with Crippen molar-refractivity contribution in [1.29, 1.82) is 0 Å². The standard InChI is InChI=1S/C12H11F3N2O2/c1-6-10(17-11(19-6)12(13,14)15)7-3-4-9(18-2)8(16)5-7/h3-5H,16H2,1-2H3. The van der Waals surface area contributed by atoms with Gasteiger partial charge in [-0.2, -0.15) is 13.2 Å². The molecule has 0 unspecified atom stereocenters. The molecule has 0 spiro atoms. The van der Waals surface area contributed by atoms with E-state index >= 15 is 0 Å². The summed E-state index contributed by atoms with van der Waals surface area (Å²) in [6.07, 6.45) is -4.61. The SMILES string of the molecule is COc1ccc(-c2nc(C(F)(F)F)oc2C)cc1N. The molecular weight excluding hydrogens is 261 g/mol. The fraction of sp³-hybridized carbons (Fsp3) is 0.250. The highest BCUT2D eigenvalue weighted by Crippen LogP contribution is 2.35. The van der Waals surface area contributed by atoms with Gasteiger partial charge in [0.1, 0.15) is 17.2 Å². The van der Waals surface area contributed by atoms with Crippen molar-refractivity contribution < 1.29 is 22.3 Å². The lowest BCUT2D eigenvalue weighted by atomic mass is 10.1. The molecule has 19 heavy (non-hydrogen) atoms. The largest absolute Gasteiger partial charge is 0.495 e. The predicted molar refractivity (Wildman–Crippen MR) is 62.6 cm³/mol. The molecule has 2 aromatic rings. The Morgan fingerprint density at radius 1 is 1.32 bits per heavy atom. The number of nitrogen functional groups attached to an aromatic ring is 1. The highest BCUT2D eigenvalue weighted by Gasteiger charge is 2.38. The minimum atomic E-state index is -4.61. The topological polar surface area (TPSA) is 61.3 Å². The molecule has 0 saturated carbocycles. The predicted octanol–water partition coefficient (Wildman–Crippen LogP) is 3.26. The van der Waals surface area contributed by atoms with Crippen LogP contribution in [0, 0.1) is 6.92 Å². The maximum absolute atomic E-state index is 12.5. The molecule has 0 fully saturated rings. The molecule has 0 amide bonds. The van der Waals surface area contributed by atoms with Crippen molar-refractivity contribution in [2.75, 3.05) is 12.8 Å². The molecule has 0 aliphatic rings. The lowest BCUT2D eigenvalue weighted by molar-refractivity contribution is -0.157. The summed E-state index contributed by atoms with van der Waals surface area (Å²) >= 11 is 0. The van der Waals surface area contributed by atoms with Gasteiger partial charge in [-0.3, -0.25) is 0 Å². The van der Waals surface area contributed by atoms with E-state index in [2.05, 4.69) is 9.40 Å². The van der Waals surface area contributed by atoms with E-state index in [1.807, 2.05) is 0 Å². The Hall–Kier alpha value is -2.18. The van der Waals surface area contributed by atoms with E-state index < -0.39 is 12.1 Å². The molecule has 0 radical (unpaired) electrons. The van der Waals surface area contributed by atoms with Gasteiger partial charge in [-0.05, 0) is 25.1 Å². The number of alkyl halides is 3. The Bertz CT molecular complexity index is 606. The van der Waals surface area contributed by atoms with Crippen LogP contribution in [-0.4, -0.2) is 12.1 Å². The van der Waals surface area contributed by atoms with Gasteiger partial charge in [-0.25, -0.2) is 4.98 Å². The van der Waals surface area contributed by atoms with Crippen LogP contribution in [0.4, 0.5) is 18.9 Å². The quantitative estimate of drug-likeness (QED) is 0.852. The number of aryl methyl sites for hydroxylation is 1. The first-order valence-electron chi connectivity index (χ1n) is 5.31. The van der Waals surface area contributed by atoms with Crippen LogP contribution in [0.3, 0.4) is 0 Å².